The maximum Gasteiger partial charge on any atom is 0.221 e. The number of rotatable bonds is 4. The molecule has 10 aromatic rings. The largest absolute Gasteiger partial charge is 0.276 e. The fraction of sp³-hybridized carbons (Fsp3) is 0. The van der Waals surface area contributed by atoms with Gasteiger partial charge in [-0.1, -0.05) is 97.1 Å². The molecule has 0 aliphatic carbocycles. The molecule has 0 amide bonds. The lowest BCUT2D eigenvalue weighted by molar-refractivity contribution is 1.06. The van der Waals surface area contributed by atoms with Crippen LogP contribution in [0.15, 0.2) is 146 Å². The van der Waals surface area contributed by atoms with Gasteiger partial charge in [0.2, 0.25) is 5.78 Å². The SMILES string of the molecule is c1ccc(-c2cc(-c3ccccc3)nc(-c3cccc4c3n(-c3nccc5c3sc3ccccc35)c3nc5ccccc5n43)n2)cc1. The number of para-hydroxylation sites is 3. The van der Waals surface area contributed by atoms with Crippen LogP contribution >= 0.6 is 11.3 Å². The van der Waals surface area contributed by atoms with E-state index in [9.17, 15) is 0 Å². The third-order valence-electron chi connectivity index (χ3n) is 8.82. The zero-order valence-corrected chi connectivity index (χ0v) is 25.8. The first-order chi connectivity index (χ1) is 23.3. The Morgan fingerprint density at radius 3 is 2.02 bits per heavy atom. The Hall–Kier alpha value is -6.18. The van der Waals surface area contributed by atoms with Gasteiger partial charge in [0, 0.05) is 38.4 Å². The lowest BCUT2D eigenvalue weighted by Gasteiger charge is -2.12. The predicted octanol–water partition coefficient (Wildman–Crippen LogP) is 9.99. The molecular formula is C40H24N6S. The second-order valence-corrected chi connectivity index (χ2v) is 12.6. The number of benzene rings is 5. The summed E-state index contributed by atoms with van der Waals surface area (Å²) in [5, 5.41) is 2.40. The molecule has 7 heteroatoms. The van der Waals surface area contributed by atoms with Crippen molar-refractivity contribution >= 4 is 59.4 Å². The highest BCUT2D eigenvalue weighted by Gasteiger charge is 2.24. The van der Waals surface area contributed by atoms with Crippen LogP contribution in [-0.2, 0) is 0 Å². The standard InChI is InChI=1S/C40H24N6S/c1-3-12-25(13-4-1)31-24-32(26-14-5-2-6-15-26)43-38(42-31)29-17-11-20-34-36(29)46(40-44-30-18-8-9-19-33(30)45(34)40)39-37-28(22-23-41-39)27-16-7-10-21-35(27)47-37/h1-24H. The monoisotopic (exact) mass is 620 g/mol. The number of hydrogen-bond acceptors (Lipinski definition) is 5. The van der Waals surface area contributed by atoms with Gasteiger partial charge in [-0.2, -0.15) is 0 Å². The first-order valence-electron chi connectivity index (χ1n) is 15.5. The van der Waals surface area contributed by atoms with Gasteiger partial charge in [-0.15, -0.1) is 11.3 Å². The van der Waals surface area contributed by atoms with E-state index in [0.717, 1.165) is 66.4 Å². The second kappa shape index (κ2) is 10.2. The molecular weight excluding hydrogens is 597 g/mol. The van der Waals surface area contributed by atoms with Crippen molar-refractivity contribution in [2.24, 2.45) is 0 Å². The van der Waals surface area contributed by atoms with Crippen molar-refractivity contribution in [3.8, 4) is 39.7 Å². The third-order valence-corrected chi connectivity index (χ3v) is 10.00. The average Bonchev–Trinajstić information content (AvgIpc) is 3.81. The Labute approximate surface area is 272 Å². The molecule has 0 saturated heterocycles. The Kier molecular flexibility index (Phi) is 5.64. The molecule has 0 N–H and O–H groups in total. The van der Waals surface area contributed by atoms with E-state index in [2.05, 4.69) is 106 Å². The minimum Gasteiger partial charge on any atom is -0.276 e. The number of nitrogens with zero attached hydrogens (tertiary/aromatic N) is 6. The third kappa shape index (κ3) is 3.97. The van der Waals surface area contributed by atoms with E-state index in [1.807, 2.05) is 48.7 Å². The molecule has 0 aliphatic heterocycles. The van der Waals surface area contributed by atoms with Crippen molar-refractivity contribution in [2.75, 3.05) is 0 Å². The van der Waals surface area contributed by atoms with Crippen LogP contribution in [0.1, 0.15) is 0 Å². The van der Waals surface area contributed by atoms with Gasteiger partial charge in [0.1, 0.15) is 0 Å². The molecule has 47 heavy (non-hydrogen) atoms. The highest BCUT2D eigenvalue weighted by atomic mass is 32.1. The summed E-state index contributed by atoms with van der Waals surface area (Å²) >= 11 is 1.76. The van der Waals surface area contributed by atoms with Crippen molar-refractivity contribution in [3.63, 3.8) is 0 Å². The first kappa shape index (κ1) is 26.1. The van der Waals surface area contributed by atoms with Gasteiger partial charge in [-0.25, -0.2) is 19.9 Å². The van der Waals surface area contributed by atoms with E-state index in [0.29, 0.717) is 5.82 Å². The summed E-state index contributed by atoms with van der Waals surface area (Å²) in [6.07, 6.45) is 1.91. The minimum atomic E-state index is 0.644. The number of imidazole rings is 2. The van der Waals surface area contributed by atoms with Gasteiger partial charge in [0.05, 0.1) is 38.2 Å². The maximum absolute atomic E-state index is 5.23. The smallest absolute Gasteiger partial charge is 0.221 e. The lowest BCUT2D eigenvalue weighted by Crippen LogP contribution is -2.01. The summed E-state index contributed by atoms with van der Waals surface area (Å²) in [5.74, 6) is 2.29. The molecule has 0 saturated carbocycles. The van der Waals surface area contributed by atoms with Crippen LogP contribution < -0.4 is 0 Å². The number of fused-ring (bicyclic) bond motifs is 8. The van der Waals surface area contributed by atoms with Crippen LogP contribution in [0.5, 0.6) is 0 Å². The van der Waals surface area contributed by atoms with Crippen molar-refractivity contribution in [3.05, 3.63) is 146 Å². The van der Waals surface area contributed by atoms with E-state index >= 15 is 0 Å². The summed E-state index contributed by atoms with van der Waals surface area (Å²) in [4.78, 5) is 20.7. The van der Waals surface area contributed by atoms with E-state index in [1.54, 1.807) is 11.3 Å². The van der Waals surface area contributed by atoms with Crippen LogP contribution in [0.2, 0.25) is 0 Å². The van der Waals surface area contributed by atoms with Gasteiger partial charge >= 0.3 is 0 Å². The molecule has 5 heterocycles. The zero-order valence-electron chi connectivity index (χ0n) is 24.9. The fourth-order valence-corrected chi connectivity index (χ4v) is 7.88. The van der Waals surface area contributed by atoms with E-state index in [1.165, 1.54) is 15.5 Å². The molecule has 0 bridgehead atoms. The molecule has 5 aromatic heterocycles. The highest BCUT2D eigenvalue weighted by molar-refractivity contribution is 7.26. The van der Waals surface area contributed by atoms with Crippen LogP contribution in [-0.4, -0.2) is 28.9 Å². The fourth-order valence-electron chi connectivity index (χ4n) is 6.71. The molecule has 10 rings (SSSR count). The quantitative estimate of drug-likeness (QED) is 0.196. The molecule has 0 fully saturated rings. The highest BCUT2D eigenvalue weighted by Crippen LogP contribution is 2.41. The van der Waals surface area contributed by atoms with Crippen LogP contribution in [0.25, 0.3) is 87.7 Å². The van der Waals surface area contributed by atoms with Crippen LogP contribution in [0.3, 0.4) is 0 Å². The normalized spacial score (nSPS) is 11.8. The van der Waals surface area contributed by atoms with E-state index < -0.39 is 0 Å². The molecule has 0 aliphatic rings. The zero-order chi connectivity index (χ0) is 30.9. The minimum absolute atomic E-state index is 0.644. The maximum atomic E-state index is 5.23. The summed E-state index contributed by atoms with van der Waals surface area (Å²) in [6, 6.07) is 48.0. The molecule has 0 radical (unpaired) electrons. The van der Waals surface area contributed by atoms with Crippen molar-refractivity contribution < 1.29 is 0 Å². The molecule has 6 nitrogen and oxygen atoms in total. The average molecular weight is 621 g/mol. The molecule has 0 unspecified atom stereocenters. The van der Waals surface area contributed by atoms with Crippen LogP contribution in [0, 0.1) is 0 Å². The van der Waals surface area contributed by atoms with Gasteiger partial charge < -0.3 is 0 Å². The van der Waals surface area contributed by atoms with Gasteiger partial charge in [-0.3, -0.25) is 8.97 Å². The number of hydrogen-bond donors (Lipinski definition) is 0. The molecule has 0 spiro atoms. The summed E-state index contributed by atoms with van der Waals surface area (Å²) in [6.45, 7) is 0. The van der Waals surface area contributed by atoms with Crippen molar-refractivity contribution in [2.45, 2.75) is 0 Å². The van der Waals surface area contributed by atoms with Crippen LogP contribution in [0.4, 0.5) is 0 Å². The van der Waals surface area contributed by atoms with Gasteiger partial charge in [0.25, 0.3) is 0 Å². The van der Waals surface area contributed by atoms with E-state index in [4.69, 9.17) is 19.9 Å². The topological polar surface area (TPSA) is 60.9 Å². The summed E-state index contributed by atoms with van der Waals surface area (Å²) in [7, 11) is 0. The second-order valence-electron chi connectivity index (χ2n) is 11.5. The predicted molar refractivity (Wildman–Crippen MR) is 192 cm³/mol. The summed E-state index contributed by atoms with van der Waals surface area (Å²) < 4.78 is 6.79. The Morgan fingerprint density at radius 2 is 1.23 bits per heavy atom. The number of aromatic nitrogens is 6. The van der Waals surface area contributed by atoms with Gasteiger partial charge in [-0.05, 0) is 42.5 Å². The van der Waals surface area contributed by atoms with Crippen molar-refractivity contribution in [1.29, 1.82) is 0 Å². The Bertz CT molecular complexity index is 2740. The van der Waals surface area contributed by atoms with E-state index in [-0.39, 0.29) is 0 Å². The lowest BCUT2D eigenvalue weighted by atomic mass is 10.1. The Balaban J connectivity index is 1.35. The molecule has 0 atom stereocenters. The molecule has 220 valence electrons. The molecule has 5 aromatic carbocycles. The number of thiophene rings is 1. The Morgan fingerprint density at radius 1 is 0.553 bits per heavy atom. The first-order valence-corrected chi connectivity index (χ1v) is 16.3. The number of pyridine rings is 1. The summed E-state index contributed by atoms with van der Waals surface area (Å²) in [5.41, 5.74) is 8.66. The van der Waals surface area contributed by atoms with Crippen molar-refractivity contribution in [1.82, 2.24) is 28.9 Å². The van der Waals surface area contributed by atoms with Gasteiger partial charge in [0.15, 0.2) is 11.6 Å².